The highest BCUT2D eigenvalue weighted by atomic mass is 19.4. The lowest BCUT2D eigenvalue weighted by molar-refractivity contribution is -0.138. The highest BCUT2D eigenvalue weighted by Gasteiger charge is 2.35. The van der Waals surface area contributed by atoms with Gasteiger partial charge in [0.2, 0.25) is 0 Å². The molecule has 1 aromatic heterocycles. The smallest absolute Gasteiger partial charge is 0.420 e. The molecule has 2 aromatic carbocycles. The summed E-state index contributed by atoms with van der Waals surface area (Å²) in [5.74, 6) is 0.129. The fourth-order valence-corrected chi connectivity index (χ4v) is 2.64. The van der Waals surface area contributed by atoms with Crippen LogP contribution >= 0.6 is 0 Å². The molecule has 0 aliphatic carbocycles. The molecular weight excluding hydrogens is 412 g/mol. The maximum atomic E-state index is 13.5. The van der Waals surface area contributed by atoms with E-state index in [2.05, 4.69) is 15.5 Å². The van der Waals surface area contributed by atoms with E-state index in [4.69, 9.17) is 4.74 Å². The quantitative estimate of drug-likeness (QED) is 0.523. The first-order valence-corrected chi connectivity index (χ1v) is 8.57. The van der Waals surface area contributed by atoms with Crippen molar-refractivity contribution in [3.8, 4) is 17.0 Å². The monoisotopic (exact) mass is 427 g/mol. The number of hydrogen-bond donors (Lipinski definition) is 1. The number of aromatic nitrogens is 2. The molecule has 0 amide bonds. The molecule has 4 nitrogen and oxygen atoms in total. The van der Waals surface area contributed by atoms with Crippen LogP contribution in [0.2, 0.25) is 0 Å². The van der Waals surface area contributed by atoms with Crippen LogP contribution in [0.25, 0.3) is 11.3 Å². The van der Waals surface area contributed by atoms with Gasteiger partial charge in [0.1, 0.15) is 11.3 Å². The first-order chi connectivity index (χ1) is 14.1. The van der Waals surface area contributed by atoms with Crippen LogP contribution in [0, 0.1) is 0 Å². The summed E-state index contributed by atoms with van der Waals surface area (Å²) in [5.41, 5.74) is -1.39. The van der Waals surface area contributed by atoms with Crippen LogP contribution in [0.15, 0.2) is 54.6 Å². The summed E-state index contributed by atoms with van der Waals surface area (Å²) < 4.78 is 83.6. The molecule has 0 radical (unpaired) electrons. The minimum atomic E-state index is -4.74. The van der Waals surface area contributed by atoms with E-state index in [1.807, 2.05) is 0 Å². The lowest BCUT2D eigenvalue weighted by Gasteiger charge is -2.14. The van der Waals surface area contributed by atoms with Gasteiger partial charge >= 0.3 is 12.4 Å². The van der Waals surface area contributed by atoms with Gasteiger partial charge in [-0.3, -0.25) is 0 Å². The van der Waals surface area contributed by atoms with Crippen LogP contribution in [0.1, 0.15) is 16.7 Å². The summed E-state index contributed by atoms with van der Waals surface area (Å²) in [6, 6.07) is 11.1. The maximum Gasteiger partial charge on any atom is 0.420 e. The van der Waals surface area contributed by atoms with Gasteiger partial charge in [0.05, 0.1) is 18.4 Å². The molecule has 0 saturated heterocycles. The van der Waals surface area contributed by atoms with Crippen LogP contribution in [0.4, 0.5) is 32.2 Å². The molecule has 3 rings (SSSR count). The molecule has 30 heavy (non-hydrogen) atoms. The van der Waals surface area contributed by atoms with Crippen molar-refractivity contribution in [2.45, 2.75) is 18.9 Å². The highest BCUT2D eigenvalue weighted by Crippen LogP contribution is 2.36. The molecule has 0 spiro atoms. The Morgan fingerprint density at radius 1 is 0.833 bits per heavy atom. The van der Waals surface area contributed by atoms with Crippen molar-refractivity contribution in [3.63, 3.8) is 0 Å². The van der Waals surface area contributed by atoms with Crippen molar-refractivity contribution < 1.29 is 31.1 Å². The average molecular weight is 427 g/mol. The van der Waals surface area contributed by atoms with Crippen LogP contribution in [-0.4, -0.2) is 17.3 Å². The first-order valence-electron chi connectivity index (χ1n) is 8.57. The lowest BCUT2D eigenvalue weighted by Crippen LogP contribution is -2.14. The minimum Gasteiger partial charge on any atom is -0.497 e. The molecule has 0 bridgehead atoms. The van der Waals surface area contributed by atoms with Crippen LogP contribution in [0.5, 0.6) is 5.75 Å². The molecule has 0 atom stereocenters. The number of alkyl halides is 6. The molecular formula is C20H15F6N3O. The summed E-state index contributed by atoms with van der Waals surface area (Å²) in [4.78, 5) is 0. The number of methoxy groups -OCH3 is 1. The molecule has 0 unspecified atom stereocenters. The Hall–Kier alpha value is -3.30. The van der Waals surface area contributed by atoms with E-state index in [1.54, 1.807) is 24.3 Å². The summed E-state index contributed by atoms with van der Waals surface area (Å²) >= 11 is 0. The van der Waals surface area contributed by atoms with Crippen molar-refractivity contribution in [1.82, 2.24) is 10.2 Å². The normalized spacial score (nSPS) is 12.0. The third-order valence-electron chi connectivity index (χ3n) is 4.23. The second-order valence-electron chi connectivity index (χ2n) is 6.27. The fourth-order valence-electron chi connectivity index (χ4n) is 2.64. The van der Waals surface area contributed by atoms with Crippen molar-refractivity contribution >= 4 is 5.82 Å². The van der Waals surface area contributed by atoms with Crippen molar-refractivity contribution in [3.05, 3.63) is 71.3 Å². The zero-order chi connectivity index (χ0) is 21.9. The molecule has 158 valence electrons. The van der Waals surface area contributed by atoms with E-state index >= 15 is 0 Å². The summed E-state index contributed by atoms with van der Waals surface area (Å²) in [6.45, 7) is 0.0569. The Bertz CT molecular complexity index is 999. The molecule has 1 heterocycles. The fraction of sp³-hybridized carbons (Fsp3) is 0.200. The zero-order valence-corrected chi connectivity index (χ0v) is 15.5. The van der Waals surface area contributed by atoms with Crippen molar-refractivity contribution in [2.24, 2.45) is 0 Å². The largest absolute Gasteiger partial charge is 0.497 e. The zero-order valence-electron chi connectivity index (χ0n) is 15.5. The van der Waals surface area contributed by atoms with Crippen molar-refractivity contribution in [2.75, 3.05) is 12.4 Å². The van der Waals surface area contributed by atoms with Crippen molar-refractivity contribution in [1.29, 1.82) is 0 Å². The van der Waals surface area contributed by atoms with Gasteiger partial charge in [-0.1, -0.05) is 24.3 Å². The molecule has 0 fully saturated rings. The number of benzene rings is 2. The summed E-state index contributed by atoms with van der Waals surface area (Å²) in [5, 5.41) is 9.95. The number of nitrogens with zero attached hydrogens (tertiary/aromatic N) is 2. The number of hydrogen-bond acceptors (Lipinski definition) is 4. The highest BCUT2D eigenvalue weighted by molar-refractivity contribution is 5.62. The van der Waals surface area contributed by atoms with Gasteiger partial charge in [-0.2, -0.15) is 26.3 Å². The van der Waals surface area contributed by atoms with Gasteiger partial charge < -0.3 is 10.1 Å². The first kappa shape index (κ1) is 21.4. The number of halogens is 6. The van der Waals surface area contributed by atoms with E-state index in [9.17, 15) is 26.3 Å². The topological polar surface area (TPSA) is 47.0 Å². The Balaban J connectivity index is 1.86. The maximum absolute atomic E-state index is 13.5. The van der Waals surface area contributed by atoms with Crippen LogP contribution in [-0.2, 0) is 18.9 Å². The number of anilines is 1. The molecule has 0 aliphatic heterocycles. The van der Waals surface area contributed by atoms with Gasteiger partial charge in [-0.05, 0) is 35.9 Å². The van der Waals surface area contributed by atoms with Crippen LogP contribution < -0.4 is 10.1 Å². The lowest BCUT2D eigenvalue weighted by atomic mass is 10.1. The second kappa shape index (κ2) is 8.21. The summed E-state index contributed by atoms with van der Waals surface area (Å²) in [6.07, 6.45) is -9.28. The third-order valence-corrected chi connectivity index (χ3v) is 4.23. The molecule has 0 saturated carbocycles. The molecule has 1 N–H and O–H groups in total. The third kappa shape index (κ3) is 5.00. The molecule has 3 aromatic rings. The van der Waals surface area contributed by atoms with Gasteiger partial charge in [-0.15, -0.1) is 10.2 Å². The number of nitrogens with one attached hydrogen (secondary N) is 1. The Morgan fingerprint density at radius 3 is 2.00 bits per heavy atom. The Kier molecular flexibility index (Phi) is 5.86. The van der Waals surface area contributed by atoms with Gasteiger partial charge in [0.25, 0.3) is 0 Å². The standard InChI is InChI=1S/C20H15F6N3O/c1-30-15-8-2-12(3-9-15)11-27-18-16(20(24,25)26)10-17(28-29-18)13-4-6-14(7-5-13)19(21,22)23/h2-10H,11H2,1H3,(H,27,29). The Labute approximate surface area is 167 Å². The minimum absolute atomic E-state index is 0.0569. The molecule has 0 aliphatic rings. The Morgan fingerprint density at radius 2 is 1.47 bits per heavy atom. The van der Waals surface area contributed by atoms with E-state index in [1.165, 1.54) is 7.11 Å². The molecule has 10 heteroatoms. The van der Waals surface area contributed by atoms with Crippen LogP contribution in [0.3, 0.4) is 0 Å². The SMILES string of the molecule is COc1ccc(CNc2nnc(-c3ccc(C(F)(F)F)cc3)cc2C(F)(F)F)cc1. The van der Waals surface area contributed by atoms with E-state index in [0.717, 1.165) is 30.3 Å². The van der Waals surface area contributed by atoms with E-state index < -0.39 is 29.3 Å². The van der Waals surface area contributed by atoms with Gasteiger partial charge in [-0.25, -0.2) is 0 Å². The van der Waals surface area contributed by atoms with E-state index in [0.29, 0.717) is 11.3 Å². The average Bonchev–Trinajstić information content (AvgIpc) is 2.71. The van der Waals surface area contributed by atoms with Gasteiger partial charge in [0, 0.05) is 12.1 Å². The van der Waals surface area contributed by atoms with Gasteiger partial charge in [0.15, 0.2) is 5.82 Å². The number of rotatable bonds is 5. The second-order valence-corrected chi connectivity index (χ2v) is 6.27. The van der Waals surface area contributed by atoms with E-state index in [-0.39, 0.29) is 17.8 Å². The predicted octanol–water partition coefficient (Wildman–Crippen LogP) is 5.80. The number of ether oxygens (including phenoxy) is 1. The summed E-state index contributed by atoms with van der Waals surface area (Å²) in [7, 11) is 1.50. The predicted molar refractivity (Wildman–Crippen MR) is 97.8 cm³/mol.